The topological polar surface area (TPSA) is 93.9 Å². The maximum Gasteiger partial charge on any atom is 0.294 e. The number of aryl methyl sites for hydroxylation is 1. The molecule has 0 saturated carbocycles. The van der Waals surface area contributed by atoms with Crippen molar-refractivity contribution in [2.24, 2.45) is 0 Å². The molecule has 0 saturated heterocycles. The van der Waals surface area contributed by atoms with Crippen molar-refractivity contribution in [2.75, 3.05) is 19.8 Å². The first-order valence-corrected chi connectivity index (χ1v) is 6.85. The van der Waals surface area contributed by atoms with Crippen molar-refractivity contribution in [1.29, 1.82) is 0 Å². The molecule has 1 aromatic rings. The van der Waals surface area contributed by atoms with E-state index in [-0.39, 0.29) is 19.3 Å². The van der Waals surface area contributed by atoms with Gasteiger partial charge < -0.3 is 20.0 Å². The van der Waals surface area contributed by atoms with Gasteiger partial charge >= 0.3 is 0 Å². The standard InChI is InChI=1S/C14H22N2O5/c1-11-4-3-5-14(8-11)20-10-13(17)9-15-12(2)6-7-21-16(18)19/h3-5,8,12-13,15,17H,6-7,9-10H2,1-2H3. The van der Waals surface area contributed by atoms with Gasteiger partial charge in [0.05, 0.1) is 6.61 Å². The van der Waals surface area contributed by atoms with Gasteiger partial charge in [0.1, 0.15) is 18.5 Å². The average Bonchev–Trinajstić information content (AvgIpc) is 2.42. The molecule has 2 N–H and O–H groups in total. The van der Waals surface area contributed by atoms with E-state index in [0.29, 0.717) is 13.0 Å². The highest BCUT2D eigenvalue weighted by atomic mass is 16.9. The van der Waals surface area contributed by atoms with Gasteiger partial charge in [0.25, 0.3) is 5.09 Å². The highest BCUT2D eigenvalue weighted by Gasteiger charge is 2.09. The second kappa shape index (κ2) is 9.15. The van der Waals surface area contributed by atoms with Gasteiger partial charge in [-0.25, -0.2) is 0 Å². The summed E-state index contributed by atoms with van der Waals surface area (Å²) < 4.78 is 5.49. The molecule has 0 aliphatic carbocycles. The first kappa shape index (κ1) is 17.2. The normalized spacial score (nSPS) is 13.5. The molecule has 0 amide bonds. The van der Waals surface area contributed by atoms with Gasteiger partial charge in [0, 0.05) is 12.6 Å². The molecule has 1 rings (SSSR count). The molecule has 0 heterocycles. The van der Waals surface area contributed by atoms with Gasteiger partial charge in [0.15, 0.2) is 0 Å². The van der Waals surface area contributed by atoms with E-state index in [1.54, 1.807) is 0 Å². The Balaban J connectivity index is 2.15. The van der Waals surface area contributed by atoms with Crippen molar-refractivity contribution >= 4 is 0 Å². The zero-order valence-electron chi connectivity index (χ0n) is 12.3. The lowest BCUT2D eigenvalue weighted by Crippen LogP contribution is -2.37. The van der Waals surface area contributed by atoms with Crippen LogP contribution in [0.25, 0.3) is 0 Å². The van der Waals surface area contributed by atoms with Gasteiger partial charge in [-0.1, -0.05) is 12.1 Å². The smallest absolute Gasteiger partial charge is 0.294 e. The number of rotatable bonds is 10. The monoisotopic (exact) mass is 298 g/mol. The van der Waals surface area contributed by atoms with E-state index in [2.05, 4.69) is 10.2 Å². The lowest BCUT2D eigenvalue weighted by molar-refractivity contribution is -0.757. The quantitative estimate of drug-likeness (QED) is 0.499. The molecule has 1 aromatic carbocycles. The van der Waals surface area contributed by atoms with Crippen LogP contribution in [0.4, 0.5) is 0 Å². The summed E-state index contributed by atoms with van der Waals surface area (Å²) in [5, 5.41) is 22.1. The number of hydrogen-bond acceptors (Lipinski definition) is 6. The molecule has 0 aromatic heterocycles. The Morgan fingerprint density at radius 1 is 1.48 bits per heavy atom. The summed E-state index contributed by atoms with van der Waals surface area (Å²) in [6.07, 6.45) is -0.156. The van der Waals surface area contributed by atoms with Gasteiger partial charge in [-0.2, -0.15) is 0 Å². The number of hydrogen-bond donors (Lipinski definition) is 2. The van der Waals surface area contributed by atoms with E-state index in [1.165, 1.54) is 0 Å². The third kappa shape index (κ3) is 8.11. The number of nitrogens with one attached hydrogen (secondary N) is 1. The van der Waals surface area contributed by atoms with E-state index in [4.69, 9.17) is 4.74 Å². The summed E-state index contributed by atoms with van der Waals surface area (Å²) in [5.74, 6) is 0.724. The number of aliphatic hydroxyl groups excluding tert-OH is 1. The maximum absolute atomic E-state index is 10.00. The second-order valence-corrected chi connectivity index (χ2v) is 4.94. The molecule has 0 bridgehead atoms. The predicted octanol–water partition coefficient (Wildman–Crippen LogP) is 1.31. The predicted molar refractivity (Wildman–Crippen MR) is 77.7 cm³/mol. The van der Waals surface area contributed by atoms with Crippen LogP contribution in [0.15, 0.2) is 24.3 Å². The number of nitrogens with zero attached hydrogens (tertiary/aromatic N) is 1. The summed E-state index contributed by atoms with van der Waals surface area (Å²) in [4.78, 5) is 14.2. The first-order chi connectivity index (χ1) is 9.97. The number of benzene rings is 1. The third-order valence-electron chi connectivity index (χ3n) is 2.88. The van der Waals surface area contributed by atoms with Crippen LogP contribution in [-0.4, -0.2) is 42.1 Å². The van der Waals surface area contributed by atoms with Crippen molar-refractivity contribution in [3.05, 3.63) is 39.9 Å². The molecule has 0 fully saturated rings. The van der Waals surface area contributed by atoms with Crippen LogP contribution < -0.4 is 10.1 Å². The molecule has 7 heteroatoms. The van der Waals surface area contributed by atoms with Crippen LogP contribution in [0, 0.1) is 17.0 Å². The van der Waals surface area contributed by atoms with Crippen molar-refractivity contribution < 1.29 is 19.8 Å². The lowest BCUT2D eigenvalue weighted by atomic mass is 10.2. The van der Waals surface area contributed by atoms with E-state index < -0.39 is 11.2 Å². The molecular weight excluding hydrogens is 276 g/mol. The fourth-order valence-electron chi connectivity index (χ4n) is 1.70. The van der Waals surface area contributed by atoms with Crippen LogP contribution >= 0.6 is 0 Å². The molecule has 0 spiro atoms. The van der Waals surface area contributed by atoms with Gasteiger partial charge in [-0.15, -0.1) is 10.1 Å². The highest BCUT2D eigenvalue weighted by Crippen LogP contribution is 2.12. The lowest BCUT2D eigenvalue weighted by Gasteiger charge is -2.17. The Morgan fingerprint density at radius 3 is 2.90 bits per heavy atom. The highest BCUT2D eigenvalue weighted by molar-refractivity contribution is 5.27. The first-order valence-electron chi connectivity index (χ1n) is 6.85. The van der Waals surface area contributed by atoms with E-state index >= 15 is 0 Å². The Labute approximate surface area is 124 Å². The maximum atomic E-state index is 10.00. The van der Waals surface area contributed by atoms with Crippen LogP contribution in [0.5, 0.6) is 5.75 Å². The number of aliphatic hydroxyl groups is 1. The van der Waals surface area contributed by atoms with E-state index in [9.17, 15) is 15.2 Å². The van der Waals surface area contributed by atoms with Crippen LogP contribution in [0.3, 0.4) is 0 Å². The third-order valence-corrected chi connectivity index (χ3v) is 2.88. The summed E-state index contributed by atoms with van der Waals surface area (Å²) in [6, 6.07) is 7.62. The summed E-state index contributed by atoms with van der Waals surface area (Å²) in [5.41, 5.74) is 1.10. The second-order valence-electron chi connectivity index (χ2n) is 4.94. The zero-order chi connectivity index (χ0) is 15.7. The Bertz CT molecular complexity index is 441. The summed E-state index contributed by atoms with van der Waals surface area (Å²) in [6.45, 7) is 4.42. The number of ether oxygens (including phenoxy) is 1. The van der Waals surface area contributed by atoms with Crippen LogP contribution in [-0.2, 0) is 4.84 Å². The minimum absolute atomic E-state index is 0.0126. The molecule has 118 valence electrons. The fourth-order valence-corrected chi connectivity index (χ4v) is 1.70. The van der Waals surface area contributed by atoms with Gasteiger partial charge in [-0.05, 0) is 38.0 Å². The van der Waals surface area contributed by atoms with Crippen molar-refractivity contribution in [3.8, 4) is 5.75 Å². The molecule has 21 heavy (non-hydrogen) atoms. The van der Waals surface area contributed by atoms with Crippen molar-refractivity contribution in [2.45, 2.75) is 32.4 Å². The summed E-state index contributed by atoms with van der Waals surface area (Å²) >= 11 is 0. The molecule has 0 radical (unpaired) electrons. The molecular formula is C14H22N2O5. The molecule has 2 unspecified atom stereocenters. The van der Waals surface area contributed by atoms with E-state index in [1.807, 2.05) is 38.1 Å². The average molecular weight is 298 g/mol. The largest absolute Gasteiger partial charge is 0.491 e. The Morgan fingerprint density at radius 2 is 2.24 bits per heavy atom. The minimum Gasteiger partial charge on any atom is -0.491 e. The zero-order valence-corrected chi connectivity index (χ0v) is 12.3. The Hall–Kier alpha value is -1.86. The molecule has 2 atom stereocenters. The van der Waals surface area contributed by atoms with Gasteiger partial charge in [-0.3, -0.25) is 0 Å². The SMILES string of the molecule is Cc1cccc(OCC(O)CNC(C)CCO[N+](=O)[O-])c1. The van der Waals surface area contributed by atoms with Crippen molar-refractivity contribution in [3.63, 3.8) is 0 Å². The fraction of sp³-hybridized carbons (Fsp3) is 0.571. The van der Waals surface area contributed by atoms with Crippen LogP contribution in [0.1, 0.15) is 18.9 Å². The van der Waals surface area contributed by atoms with Crippen LogP contribution in [0.2, 0.25) is 0 Å². The molecule has 7 nitrogen and oxygen atoms in total. The Kier molecular flexibility index (Phi) is 7.49. The van der Waals surface area contributed by atoms with E-state index in [0.717, 1.165) is 11.3 Å². The molecule has 0 aliphatic rings. The summed E-state index contributed by atoms with van der Waals surface area (Å²) in [7, 11) is 0. The van der Waals surface area contributed by atoms with Crippen molar-refractivity contribution in [1.82, 2.24) is 5.32 Å². The molecule has 0 aliphatic heterocycles. The van der Waals surface area contributed by atoms with Gasteiger partial charge in [0.2, 0.25) is 0 Å². The minimum atomic E-state index is -0.808.